The van der Waals surface area contributed by atoms with Gasteiger partial charge < -0.3 is 24.4 Å². The predicted octanol–water partition coefficient (Wildman–Crippen LogP) is 6.46. The van der Waals surface area contributed by atoms with Crippen molar-refractivity contribution in [1.82, 2.24) is 29.3 Å². The van der Waals surface area contributed by atoms with Gasteiger partial charge >= 0.3 is 6.09 Å². The average Bonchev–Trinajstić information content (AvgIpc) is 3.28. The van der Waals surface area contributed by atoms with Crippen LogP contribution in [0.3, 0.4) is 0 Å². The minimum Gasteiger partial charge on any atom is -0.444 e. The molecule has 1 unspecified atom stereocenters. The summed E-state index contributed by atoms with van der Waals surface area (Å²) in [5, 5.41) is 3.02. The maximum atomic E-state index is 15.9. The molecule has 0 spiro atoms. The lowest BCUT2D eigenvalue weighted by Crippen LogP contribution is -2.49. The molecule has 0 saturated carbocycles. The van der Waals surface area contributed by atoms with Crippen LogP contribution in [0.25, 0.3) is 22.3 Å². The van der Waals surface area contributed by atoms with Crippen LogP contribution < -0.4 is 5.32 Å². The van der Waals surface area contributed by atoms with Crippen LogP contribution in [0.4, 0.5) is 19.4 Å². The number of nitrogens with zero attached hydrogens (tertiary/aromatic N) is 7. The number of aryl methyl sites for hydroxylation is 1. The fourth-order valence-corrected chi connectivity index (χ4v) is 5.47. The number of piperazine rings is 1. The largest absolute Gasteiger partial charge is 0.444 e. The Balaban J connectivity index is 1.34. The molecule has 0 bridgehead atoms. The van der Waals surface area contributed by atoms with Gasteiger partial charge in [0.05, 0.1) is 17.4 Å². The molecule has 4 heterocycles. The zero-order valence-corrected chi connectivity index (χ0v) is 26.4. The molecule has 5 rings (SSSR count). The first-order chi connectivity index (χ1) is 20.8. The summed E-state index contributed by atoms with van der Waals surface area (Å²) in [7, 11) is 0. The quantitative estimate of drug-likeness (QED) is 0.356. The van der Waals surface area contributed by atoms with Gasteiger partial charge in [-0.25, -0.2) is 33.5 Å². The number of halogens is 2. The summed E-state index contributed by atoms with van der Waals surface area (Å²) in [6.45, 7) is 15.8. The van der Waals surface area contributed by atoms with Crippen molar-refractivity contribution in [3.63, 3.8) is 0 Å². The molecule has 234 valence electrons. The molecule has 0 aliphatic carbocycles. The zero-order chi connectivity index (χ0) is 31.8. The fourth-order valence-electron chi connectivity index (χ4n) is 5.47. The summed E-state index contributed by atoms with van der Waals surface area (Å²) < 4.78 is 38.4. The Morgan fingerprint density at radius 2 is 1.84 bits per heavy atom. The number of rotatable bonds is 5. The SMILES string of the molecule is Cc1nc2c(F)cc(-c3ncnc(NC4=C/C(C)C/C=C(N5CCN(C(=O)OC(C)(C)C)CC5)/C=N\4)c3F)cc2n1C(C)C. The van der Waals surface area contributed by atoms with Crippen molar-refractivity contribution in [2.45, 2.75) is 66.5 Å². The molecule has 2 aliphatic rings. The molecule has 44 heavy (non-hydrogen) atoms. The predicted molar refractivity (Wildman–Crippen MR) is 167 cm³/mol. The number of amides is 1. The van der Waals surface area contributed by atoms with E-state index in [-0.39, 0.29) is 35.1 Å². The molecule has 2 aromatic heterocycles. The standard InChI is InChI=1S/C32H40F2N8O2/c1-19(2)42-21(4)38-29-24(33)15-22(16-25(29)42)28-27(34)30(37-18-36-28)39-26-14-20(3)8-9-23(17-35-26)40-10-12-41(13-11-40)31(43)44-32(5,6)7/h9,14-20H,8,10-13H2,1-7H3,(H,36,37,39)/b23-9-,26-14+,35-17-. The summed E-state index contributed by atoms with van der Waals surface area (Å²) in [5.41, 5.74) is 1.47. The van der Waals surface area contributed by atoms with Crippen molar-refractivity contribution >= 4 is 29.2 Å². The number of ether oxygens (including phenoxy) is 1. The molecule has 2 aliphatic heterocycles. The number of nitrogens with one attached hydrogen (secondary N) is 1. The van der Waals surface area contributed by atoms with Crippen LogP contribution in [-0.4, -0.2) is 73.4 Å². The highest BCUT2D eigenvalue weighted by molar-refractivity contribution is 5.83. The Hall–Kier alpha value is -4.35. The van der Waals surface area contributed by atoms with Crippen LogP contribution in [-0.2, 0) is 4.74 Å². The second-order valence-electron chi connectivity index (χ2n) is 12.6. The molecule has 0 radical (unpaired) electrons. The topological polar surface area (TPSA) is 101 Å². The second-order valence-corrected chi connectivity index (χ2v) is 12.6. The van der Waals surface area contributed by atoms with E-state index < -0.39 is 17.2 Å². The summed E-state index contributed by atoms with van der Waals surface area (Å²) >= 11 is 0. The molecule has 1 N–H and O–H groups in total. The van der Waals surface area contributed by atoms with Crippen LogP contribution in [0.5, 0.6) is 0 Å². The van der Waals surface area contributed by atoms with Crippen LogP contribution in [0.15, 0.2) is 47.1 Å². The molecule has 1 atom stereocenters. The molecule has 1 saturated heterocycles. The maximum absolute atomic E-state index is 15.9. The lowest BCUT2D eigenvalue weighted by atomic mass is 10.1. The van der Waals surface area contributed by atoms with E-state index in [0.29, 0.717) is 48.9 Å². The van der Waals surface area contributed by atoms with Crippen LogP contribution in [0.2, 0.25) is 0 Å². The molecular weight excluding hydrogens is 566 g/mol. The highest BCUT2D eigenvalue weighted by Gasteiger charge is 2.27. The van der Waals surface area contributed by atoms with E-state index in [9.17, 15) is 4.79 Å². The summed E-state index contributed by atoms with van der Waals surface area (Å²) in [6.07, 6.45) is 7.48. The molecule has 10 nitrogen and oxygen atoms in total. The van der Waals surface area contributed by atoms with Gasteiger partial charge in [0, 0.05) is 37.8 Å². The summed E-state index contributed by atoms with van der Waals surface area (Å²) in [6, 6.07) is 3.01. The van der Waals surface area contributed by atoms with Crippen LogP contribution in [0, 0.1) is 24.5 Å². The number of carbonyl (C=O) groups is 1. The normalized spacial score (nSPS) is 20.9. The van der Waals surface area contributed by atoms with Crippen molar-refractivity contribution < 1.29 is 18.3 Å². The molecule has 1 amide bonds. The number of allylic oxidation sites excluding steroid dienone is 3. The fraction of sp³-hybridized carbons (Fsp3) is 0.469. The number of aliphatic imine (C=N–C) groups is 1. The molecule has 1 fully saturated rings. The minimum atomic E-state index is -0.710. The first kappa shape index (κ1) is 31.1. The lowest BCUT2D eigenvalue weighted by molar-refractivity contribution is 0.0172. The Kier molecular flexibility index (Phi) is 8.71. The molecule has 3 aromatic rings. The third kappa shape index (κ3) is 6.74. The van der Waals surface area contributed by atoms with Gasteiger partial charge in [-0.2, -0.15) is 0 Å². The van der Waals surface area contributed by atoms with Crippen LogP contribution >= 0.6 is 0 Å². The Morgan fingerprint density at radius 1 is 1.11 bits per heavy atom. The maximum Gasteiger partial charge on any atom is 0.410 e. The number of carbonyl (C=O) groups excluding carboxylic acids is 1. The number of fused-ring (bicyclic) bond motifs is 1. The highest BCUT2D eigenvalue weighted by atomic mass is 19.1. The van der Waals surface area contributed by atoms with Crippen molar-refractivity contribution in [3.8, 4) is 11.3 Å². The van der Waals surface area contributed by atoms with E-state index in [0.717, 1.165) is 12.1 Å². The third-order valence-electron chi connectivity index (χ3n) is 7.52. The monoisotopic (exact) mass is 606 g/mol. The van der Waals surface area contributed by atoms with E-state index in [1.807, 2.05) is 52.2 Å². The Morgan fingerprint density at radius 3 is 2.52 bits per heavy atom. The number of hydrogen-bond acceptors (Lipinski definition) is 8. The molecule has 12 heteroatoms. The van der Waals surface area contributed by atoms with Gasteiger partial charge in [0.1, 0.15) is 34.8 Å². The first-order valence-electron chi connectivity index (χ1n) is 15.0. The van der Waals surface area contributed by atoms with Crippen LogP contribution in [0.1, 0.15) is 59.8 Å². The minimum absolute atomic E-state index is 0.0237. The average molecular weight is 607 g/mol. The van der Waals surface area contributed by atoms with E-state index in [1.54, 1.807) is 17.2 Å². The number of aromatic nitrogens is 4. The Labute approximate surface area is 256 Å². The van der Waals surface area contributed by atoms with E-state index in [1.165, 1.54) is 12.4 Å². The zero-order valence-electron chi connectivity index (χ0n) is 26.4. The lowest BCUT2D eigenvalue weighted by Gasteiger charge is -2.37. The van der Waals surface area contributed by atoms with Gasteiger partial charge in [-0.1, -0.05) is 13.0 Å². The van der Waals surface area contributed by atoms with Crippen molar-refractivity contribution in [2.75, 3.05) is 31.5 Å². The van der Waals surface area contributed by atoms with Crippen molar-refractivity contribution in [1.29, 1.82) is 0 Å². The van der Waals surface area contributed by atoms with Gasteiger partial charge in [0.15, 0.2) is 17.5 Å². The van der Waals surface area contributed by atoms with Gasteiger partial charge in [0.2, 0.25) is 0 Å². The van der Waals surface area contributed by atoms with E-state index >= 15 is 8.78 Å². The van der Waals surface area contributed by atoms with Gasteiger partial charge in [-0.15, -0.1) is 0 Å². The number of anilines is 1. The molecular formula is C32H40F2N8O2. The Bertz CT molecular complexity index is 1650. The number of hydrogen-bond donors (Lipinski definition) is 1. The highest BCUT2D eigenvalue weighted by Crippen LogP contribution is 2.31. The summed E-state index contributed by atoms with van der Waals surface area (Å²) in [5.74, 6) is -0.0872. The summed E-state index contributed by atoms with van der Waals surface area (Å²) in [4.78, 5) is 33.7. The second kappa shape index (κ2) is 12.3. The smallest absolute Gasteiger partial charge is 0.410 e. The van der Waals surface area contributed by atoms with Gasteiger partial charge in [0.25, 0.3) is 0 Å². The number of benzene rings is 1. The van der Waals surface area contributed by atoms with Gasteiger partial charge in [-0.3, -0.25) is 0 Å². The third-order valence-corrected chi connectivity index (χ3v) is 7.52. The first-order valence-corrected chi connectivity index (χ1v) is 15.0. The number of imidazole rings is 1. The van der Waals surface area contributed by atoms with E-state index in [2.05, 4.69) is 43.2 Å². The van der Waals surface area contributed by atoms with Gasteiger partial charge in [-0.05, 0) is 72.1 Å². The molecule has 1 aromatic carbocycles. The van der Waals surface area contributed by atoms with E-state index in [4.69, 9.17) is 4.74 Å². The van der Waals surface area contributed by atoms with Crippen molar-refractivity contribution in [2.24, 2.45) is 10.9 Å². The van der Waals surface area contributed by atoms with Crippen molar-refractivity contribution in [3.05, 3.63) is 59.6 Å².